The first-order valence-corrected chi connectivity index (χ1v) is 6.91. The number of allylic oxidation sites excluding steroid dienone is 1. The minimum absolute atomic E-state index is 0.610. The number of alkyl halides is 1. The summed E-state index contributed by atoms with van der Waals surface area (Å²) >= 11 is 6.10. The fourth-order valence-corrected chi connectivity index (χ4v) is 3.08. The molecule has 2 aliphatic rings. The minimum atomic E-state index is 0.610. The van der Waals surface area contributed by atoms with Crippen LogP contribution in [-0.4, -0.2) is 29.9 Å². The highest BCUT2D eigenvalue weighted by Crippen LogP contribution is 2.25. The van der Waals surface area contributed by atoms with Crippen molar-refractivity contribution < 1.29 is 0 Å². The average Bonchev–Trinajstić information content (AvgIpc) is 2.81. The highest BCUT2D eigenvalue weighted by atomic mass is 35.5. The Bertz CT molecular complexity index is 219. The predicted octanol–water partition coefficient (Wildman–Crippen LogP) is 3.58. The van der Waals surface area contributed by atoms with Gasteiger partial charge in [-0.15, -0.1) is 11.6 Å². The van der Waals surface area contributed by atoms with Gasteiger partial charge in [-0.2, -0.15) is 0 Å². The molecule has 0 radical (unpaired) electrons. The van der Waals surface area contributed by atoms with Gasteiger partial charge in [0.1, 0.15) is 0 Å². The lowest BCUT2D eigenvalue weighted by molar-refractivity contribution is 0.258. The van der Waals surface area contributed by atoms with Gasteiger partial charge in [-0.1, -0.05) is 11.6 Å². The summed E-state index contributed by atoms with van der Waals surface area (Å²) in [5.41, 5.74) is 1.67. The van der Waals surface area contributed by atoms with Gasteiger partial charge in [0.25, 0.3) is 0 Å². The van der Waals surface area contributed by atoms with Crippen molar-refractivity contribution in [1.29, 1.82) is 0 Å². The van der Waals surface area contributed by atoms with E-state index in [-0.39, 0.29) is 0 Å². The molecule has 15 heavy (non-hydrogen) atoms. The van der Waals surface area contributed by atoms with E-state index in [1.807, 2.05) is 0 Å². The third-order valence-electron chi connectivity index (χ3n) is 3.72. The molecule has 1 heterocycles. The molecule has 0 aromatic carbocycles. The highest BCUT2D eigenvalue weighted by molar-refractivity contribution is 6.18. The Morgan fingerprint density at radius 1 is 1.20 bits per heavy atom. The zero-order valence-corrected chi connectivity index (χ0v) is 10.3. The van der Waals surface area contributed by atoms with Crippen LogP contribution in [0, 0.1) is 0 Å². The highest BCUT2D eigenvalue weighted by Gasteiger charge is 2.22. The molecule has 2 heteroatoms. The number of halogens is 1. The summed E-state index contributed by atoms with van der Waals surface area (Å²) in [6.07, 6.45) is 11.8. The molecule has 0 spiro atoms. The van der Waals surface area contributed by atoms with Crippen molar-refractivity contribution in [2.75, 3.05) is 19.0 Å². The van der Waals surface area contributed by atoms with Crippen LogP contribution in [0.15, 0.2) is 11.6 Å². The van der Waals surface area contributed by atoms with Gasteiger partial charge in [0.15, 0.2) is 0 Å². The van der Waals surface area contributed by atoms with Crippen LogP contribution in [0.25, 0.3) is 0 Å². The smallest absolute Gasteiger partial charge is 0.0382 e. The maximum absolute atomic E-state index is 6.10. The van der Waals surface area contributed by atoms with Gasteiger partial charge in [0.2, 0.25) is 0 Å². The molecule has 1 nitrogen and oxygen atoms in total. The lowest BCUT2D eigenvalue weighted by Gasteiger charge is -2.27. The van der Waals surface area contributed by atoms with Crippen LogP contribution < -0.4 is 0 Å². The largest absolute Gasteiger partial charge is 0.299 e. The van der Waals surface area contributed by atoms with Crippen molar-refractivity contribution in [1.82, 2.24) is 4.90 Å². The average molecular weight is 228 g/mol. The summed E-state index contributed by atoms with van der Waals surface area (Å²) < 4.78 is 0. The summed E-state index contributed by atoms with van der Waals surface area (Å²) in [5, 5.41) is 0. The van der Waals surface area contributed by atoms with E-state index in [4.69, 9.17) is 11.6 Å². The van der Waals surface area contributed by atoms with E-state index >= 15 is 0 Å². The Labute approximate surface area is 98.5 Å². The zero-order valence-electron chi connectivity index (χ0n) is 9.55. The number of nitrogens with zero attached hydrogens (tertiary/aromatic N) is 1. The van der Waals surface area contributed by atoms with Gasteiger partial charge in [-0.3, -0.25) is 4.90 Å². The molecule has 0 amide bonds. The van der Waals surface area contributed by atoms with Crippen LogP contribution in [0.2, 0.25) is 0 Å². The van der Waals surface area contributed by atoms with E-state index in [0.29, 0.717) is 6.04 Å². The summed E-state index contributed by atoms with van der Waals surface area (Å²) in [6.45, 7) is 2.54. The molecule has 0 aromatic rings. The summed E-state index contributed by atoms with van der Waals surface area (Å²) in [7, 11) is 0. The Morgan fingerprint density at radius 2 is 2.00 bits per heavy atom. The summed E-state index contributed by atoms with van der Waals surface area (Å²) in [4.78, 5) is 2.59. The Hall–Kier alpha value is -0.0100. The van der Waals surface area contributed by atoms with E-state index in [1.54, 1.807) is 5.57 Å². The van der Waals surface area contributed by atoms with Crippen molar-refractivity contribution >= 4 is 11.6 Å². The van der Waals surface area contributed by atoms with Crippen molar-refractivity contribution in [3.8, 4) is 0 Å². The van der Waals surface area contributed by atoms with Crippen LogP contribution in [0.1, 0.15) is 44.9 Å². The van der Waals surface area contributed by atoms with E-state index in [0.717, 1.165) is 5.88 Å². The Morgan fingerprint density at radius 3 is 2.60 bits per heavy atom. The molecule has 1 aliphatic heterocycles. The molecule has 0 aromatic heterocycles. The first kappa shape index (κ1) is 11.5. The Balaban J connectivity index is 1.86. The van der Waals surface area contributed by atoms with Crippen LogP contribution in [0.4, 0.5) is 0 Å². The molecule has 1 aliphatic carbocycles. The number of likely N-dealkylation sites (tertiary alicyclic amines) is 1. The van der Waals surface area contributed by atoms with E-state index in [9.17, 15) is 0 Å². The first-order chi connectivity index (χ1) is 7.40. The van der Waals surface area contributed by atoms with E-state index in [2.05, 4.69) is 11.0 Å². The molecular formula is C13H22ClN. The number of hydrogen-bond donors (Lipinski definition) is 0. The fraction of sp³-hybridized carbons (Fsp3) is 0.846. The second-order valence-electron chi connectivity index (χ2n) is 4.86. The quantitative estimate of drug-likeness (QED) is 0.524. The van der Waals surface area contributed by atoms with Crippen LogP contribution in [-0.2, 0) is 0 Å². The molecule has 1 saturated heterocycles. The van der Waals surface area contributed by atoms with Gasteiger partial charge in [-0.25, -0.2) is 0 Å². The monoisotopic (exact) mass is 227 g/mol. The first-order valence-electron chi connectivity index (χ1n) is 6.38. The number of rotatable bonds is 4. The molecule has 0 bridgehead atoms. The standard InChI is InChI=1S/C13H22ClN/c14-11-13(15-8-4-5-9-15)10-12-6-2-1-3-7-12/h6,13H,1-5,7-11H2. The van der Waals surface area contributed by atoms with E-state index in [1.165, 1.54) is 58.0 Å². The second-order valence-corrected chi connectivity index (χ2v) is 5.17. The molecule has 0 saturated carbocycles. The van der Waals surface area contributed by atoms with Crippen molar-refractivity contribution in [3.63, 3.8) is 0 Å². The molecule has 1 unspecified atom stereocenters. The lowest BCUT2D eigenvalue weighted by Crippen LogP contribution is -2.34. The molecule has 0 N–H and O–H groups in total. The third kappa shape index (κ3) is 3.22. The molecule has 1 fully saturated rings. The number of hydrogen-bond acceptors (Lipinski definition) is 1. The van der Waals surface area contributed by atoms with Crippen LogP contribution >= 0.6 is 11.6 Å². The van der Waals surface area contributed by atoms with E-state index < -0.39 is 0 Å². The Kier molecular flexibility index (Phi) is 4.52. The van der Waals surface area contributed by atoms with Crippen LogP contribution in [0.5, 0.6) is 0 Å². The van der Waals surface area contributed by atoms with Gasteiger partial charge in [0.05, 0.1) is 0 Å². The molecule has 86 valence electrons. The topological polar surface area (TPSA) is 3.24 Å². The van der Waals surface area contributed by atoms with Gasteiger partial charge in [0, 0.05) is 11.9 Å². The molecule has 1 atom stereocenters. The van der Waals surface area contributed by atoms with Gasteiger partial charge < -0.3 is 0 Å². The van der Waals surface area contributed by atoms with Crippen LogP contribution in [0.3, 0.4) is 0 Å². The maximum atomic E-state index is 6.10. The summed E-state index contributed by atoms with van der Waals surface area (Å²) in [5.74, 6) is 0.803. The zero-order chi connectivity index (χ0) is 10.5. The lowest BCUT2D eigenvalue weighted by atomic mass is 9.94. The predicted molar refractivity (Wildman–Crippen MR) is 66.5 cm³/mol. The maximum Gasteiger partial charge on any atom is 0.0382 e. The SMILES string of the molecule is ClCC(CC1=CCCCC1)N1CCCC1. The van der Waals surface area contributed by atoms with Gasteiger partial charge >= 0.3 is 0 Å². The second kappa shape index (κ2) is 5.91. The summed E-state index contributed by atoms with van der Waals surface area (Å²) in [6, 6.07) is 0.610. The molecular weight excluding hydrogens is 206 g/mol. The molecule has 2 rings (SSSR count). The van der Waals surface area contributed by atoms with Crippen molar-refractivity contribution in [2.45, 2.75) is 51.0 Å². The van der Waals surface area contributed by atoms with Crippen molar-refractivity contribution in [2.24, 2.45) is 0 Å². The fourth-order valence-electron chi connectivity index (χ4n) is 2.78. The van der Waals surface area contributed by atoms with Crippen molar-refractivity contribution in [3.05, 3.63) is 11.6 Å². The normalized spacial score (nSPS) is 25.3. The minimum Gasteiger partial charge on any atom is -0.299 e. The van der Waals surface area contributed by atoms with Gasteiger partial charge in [-0.05, 0) is 58.0 Å². The third-order valence-corrected chi connectivity index (χ3v) is 4.07.